The Morgan fingerprint density at radius 2 is 1.80 bits per heavy atom. The van der Waals surface area contributed by atoms with E-state index in [0.29, 0.717) is 12.1 Å². The van der Waals surface area contributed by atoms with E-state index in [1.807, 2.05) is 0 Å². The Balaban J connectivity index is 2.67. The second-order valence-electron chi connectivity index (χ2n) is 3.78. The van der Waals surface area contributed by atoms with E-state index in [9.17, 15) is 27.2 Å². The van der Waals surface area contributed by atoms with Gasteiger partial charge in [0.15, 0.2) is 0 Å². The van der Waals surface area contributed by atoms with Gasteiger partial charge in [-0.15, -0.1) is 0 Å². The molecule has 0 radical (unpaired) electrons. The standard InChI is InChI=1S/C11H10F4N2O3/c12-8-2-6(1-7(3-8)11(13,14)15)4-16-9(18)5-17-10(19)20/h1-3,17H,4-5H2,(H,16,18)(H,19,20). The second-order valence-corrected chi connectivity index (χ2v) is 3.78. The minimum absolute atomic E-state index is 0.0824. The SMILES string of the molecule is O=C(O)NCC(=O)NCc1cc(F)cc(C(F)(F)F)c1. The van der Waals surface area contributed by atoms with Crippen LogP contribution < -0.4 is 10.6 Å². The number of hydrogen-bond donors (Lipinski definition) is 3. The smallest absolute Gasteiger partial charge is 0.416 e. The number of alkyl halides is 3. The van der Waals surface area contributed by atoms with Crippen molar-refractivity contribution in [3.63, 3.8) is 0 Å². The molecule has 0 unspecified atom stereocenters. The molecule has 0 atom stereocenters. The molecule has 0 bridgehead atoms. The molecule has 0 spiro atoms. The molecule has 0 fully saturated rings. The van der Waals surface area contributed by atoms with E-state index < -0.39 is 36.1 Å². The number of carbonyl (C=O) groups excluding carboxylic acids is 1. The lowest BCUT2D eigenvalue weighted by molar-refractivity contribution is -0.137. The van der Waals surface area contributed by atoms with E-state index in [1.54, 1.807) is 5.32 Å². The van der Waals surface area contributed by atoms with E-state index in [1.165, 1.54) is 0 Å². The lowest BCUT2D eigenvalue weighted by atomic mass is 10.1. The lowest BCUT2D eigenvalue weighted by Gasteiger charge is -2.10. The summed E-state index contributed by atoms with van der Waals surface area (Å²) in [5, 5.41) is 12.2. The molecule has 0 aliphatic carbocycles. The van der Waals surface area contributed by atoms with Gasteiger partial charge in [0.2, 0.25) is 5.91 Å². The van der Waals surface area contributed by atoms with Crippen molar-refractivity contribution in [3.05, 3.63) is 35.1 Å². The average Bonchev–Trinajstić information content (AvgIpc) is 2.32. The van der Waals surface area contributed by atoms with Crippen LogP contribution in [-0.4, -0.2) is 23.7 Å². The second kappa shape index (κ2) is 6.22. The highest BCUT2D eigenvalue weighted by Crippen LogP contribution is 2.30. The number of nitrogens with one attached hydrogen (secondary N) is 2. The predicted octanol–water partition coefficient (Wildman–Crippen LogP) is 1.73. The summed E-state index contributed by atoms with van der Waals surface area (Å²) < 4.78 is 50.3. The van der Waals surface area contributed by atoms with Crippen molar-refractivity contribution < 1.29 is 32.3 Å². The third-order valence-corrected chi connectivity index (χ3v) is 2.17. The molecule has 0 saturated heterocycles. The van der Waals surface area contributed by atoms with Crippen molar-refractivity contribution >= 4 is 12.0 Å². The van der Waals surface area contributed by atoms with Crippen LogP contribution in [0.15, 0.2) is 18.2 Å². The molecular weight excluding hydrogens is 284 g/mol. The Morgan fingerprint density at radius 1 is 1.15 bits per heavy atom. The number of benzene rings is 1. The molecule has 0 heterocycles. The first-order valence-corrected chi connectivity index (χ1v) is 5.28. The highest BCUT2D eigenvalue weighted by atomic mass is 19.4. The topological polar surface area (TPSA) is 78.4 Å². The number of carbonyl (C=O) groups is 2. The number of carboxylic acid groups (broad SMARTS) is 1. The molecule has 20 heavy (non-hydrogen) atoms. The van der Waals surface area contributed by atoms with Gasteiger partial charge in [0.05, 0.1) is 12.1 Å². The third-order valence-electron chi connectivity index (χ3n) is 2.17. The van der Waals surface area contributed by atoms with Crippen molar-refractivity contribution in [2.45, 2.75) is 12.7 Å². The summed E-state index contributed by atoms with van der Waals surface area (Å²) in [5.74, 6) is -1.82. The van der Waals surface area contributed by atoms with E-state index in [4.69, 9.17) is 5.11 Å². The van der Waals surface area contributed by atoms with Gasteiger partial charge in [-0.3, -0.25) is 4.79 Å². The molecule has 0 aliphatic rings. The number of halogens is 4. The largest absolute Gasteiger partial charge is 0.465 e. The highest BCUT2D eigenvalue weighted by molar-refractivity contribution is 5.81. The van der Waals surface area contributed by atoms with E-state index in [-0.39, 0.29) is 12.1 Å². The van der Waals surface area contributed by atoms with Crippen LogP contribution in [0.2, 0.25) is 0 Å². The zero-order valence-electron chi connectivity index (χ0n) is 9.92. The van der Waals surface area contributed by atoms with Gasteiger partial charge in [-0.05, 0) is 23.8 Å². The summed E-state index contributed by atoms with van der Waals surface area (Å²) in [5.41, 5.74) is -1.24. The Labute approximate surface area is 110 Å². The van der Waals surface area contributed by atoms with Gasteiger partial charge in [-0.1, -0.05) is 0 Å². The van der Waals surface area contributed by atoms with Crippen LogP contribution in [0.1, 0.15) is 11.1 Å². The normalized spacial score (nSPS) is 11.0. The van der Waals surface area contributed by atoms with Crippen molar-refractivity contribution in [2.24, 2.45) is 0 Å². The van der Waals surface area contributed by atoms with Crippen LogP contribution in [0.25, 0.3) is 0 Å². The summed E-state index contributed by atoms with van der Waals surface area (Å²) in [6, 6.07) is 1.89. The fourth-order valence-corrected chi connectivity index (χ4v) is 1.34. The van der Waals surface area contributed by atoms with Crippen LogP contribution in [-0.2, 0) is 17.5 Å². The average molecular weight is 294 g/mol. The van der Waals surface area contributed by atoms with Crippen LogP contribution in [0.4, 0.5) is 22.4 Å². The summed E-state index contributed by atoms with van der Waals surface area (Å²) in [4.78, 5) is 21.2. The third kappa shape index (κ3) is 5.12. The van der Waals surface area contributed by atoms with Crippen LogP contribution in [0.5, 0.6) is 0 Å². The predicted molar refractivity (Wildman–Crippen MR) is 59.3 cm³/mol. The Hall–Kier alpha value is -2.32. The first-order valence-electron chi connectivity index (χ1n) is 5.28. The zero-order chi connectivity index (χ0) is 15.3. The molecule has 1 aromatic carbocycles. The quantitative estimate of drug-likeness (QED) is 0.740. The summed E-state index contributed by atoms with van der Waals surface area (Å²) in [7, 11) is 0. The molecule has 1 aromatic rings. The highest BCUT2D eigenvalue weighted by Gasteiger charge is 2.31. The Morgan fingerprint density at radius 3 is 2.35 bits per heavy atom. The maximum Gasteiger partial charge on any atom is 0.416 e. The van der Waals surface area contributed by atoms with Gasteiger partial charge in [-0.2, -0.15) is 13.2 Å². The van der Waals surface area contributed by atoms with Gasteiger partial charge in [0.1, 0.15) is 5.82 Å². The monoisotopic (exact) mass is 294 g/mol. The fourth-order valence-electron chi connectivity index (χ4n) is 1.34. The molecule has 3 N–H and O–H groups in total. The minimum atomic E-state index is -4.69. The first-order chi connectivity index (χ1) is 9.18. The number of amides is 2. The number of hydrogen-bond acceptors (Lipinski definition) is 2. The van der Waals surface area contributed by atoms with E-state index in [0.717, 1.165) is 6.07 Å². The molecule has 110 valence electrons. The van der Waals surface area contributed by atoms with Crippen LogP contribution in [0.3, 0.4) is 0 Å². The molecule has 1 rings (SSSR count). The fraction of sp³-hybridized carbons (Fsp3) is 0.273. The van der Waals surface area contributed by atoms with Gasteiger partial charge in [-0.25, -0.2) is 9.18 Å². The lowest BCUT2D eigenvalue weighted by Crippen LogP contribution is -2.35. The van der Waals surface area contributed by atoms with Gasteiger partial charge in [0, 0.05) is 6.54 Å². The Kier molecular flexibility index (Phi) is 4.89. The molecule has 2 amide bonds. The zero-order valence-corrected chi connectivity index (χ0v) is 9.92. The van der Waals surface area contributed by atoms with Crippen molar-refractivity contribution in [3.8, 4) is 0 Å². The molecule has 0 aromatic heterocycles. The summed E-state index contributed by atoms with van der Waals surface area (Å²) in [6.07, 6.45) is -6.10. The molecule has 0 saturated carbocycles. The van der Waals surface area contributed by atoms with Crippen LogP contribution in [0, 0.1) is 5.82 Å². The Bertz CT molecular complexity index is 517. The molecule has 9 heteroatoms. The maximum absolute atomic E-state index is 13.0. The first kappa shape index (κ1) is 15.7. The number of rotatable bonds is 4. The van der Waals surface area contributed by atoms with Crippen molar-refractivity contribution in [1.82, 2.24) is 10.6 Å². The molecular formula is C11H10F4N2O3. The van der Waals surface area contributed by atoms with Crippen molar-refractivity contribution in [2.75, 3.05) is 6.54 Å². The van der Waals surface area contributed by atoms with Gasteiger partial charge < -0.3 is 15.7 Å². The van der Waals surface area contributed by atoms with Gasteiger partial charge >= 0.3 is 12.3 Å². The maximum atomic E-state index is 13.0. The van der Waals surface area contributed by atoms with E-state index in [2.05, 4.69) is 5.32 Å². The van der Waals surface area contributed by atoms with Crippen LogP contribution >= 0.6 is 0 Å². The molecule has 0 aliphatic heterocycles. The minimum Gasteiger partial charge on any atom is -0.465 e. The molecule has 5 nitrogen and oxygen atoms in total. The van der Waals surface area contributed by atoms with Gasteiger partial charge in [0.25, 0.3) is 0 Å². The summed E-state index contributed by atoms with van der Waals surface area (Å²) in [6.45, 7) is -0.891. The van der Waals surface area contributed by atoms with Crippen molar-refractivity contribution in [1.29, 1.82) is 0 Å². The summed E-state index contributed by atoms with van der Waals surface area (Å²) >= 11 is 0. The van der Waals surface area contributed by atoms with E-state index >= 15 is 0 Å².